The molecule has 0 aliphatic heterocycles. The number of H-pyrrole nitrogens is 1. The van der Waals surface area contributed by atoms with E-state index >= 15 is 0 Å². The number of sulfone groups is 1. The van der Waals surface area contributed by atoms with E-state index in [4.69, 9.17) is 0 Å². The molecule has 0 amide bonds. The van der Waals surface area contributed by atoms with Crippen LogP contribution in [0.4, 0.5) is 0 Å². The molecule has 1 aliphatic rings. The number of rotatable bonds is 4. The van der Waals surface area contributed by atoms with Crippen LogP contribution in [0.1, 0.15) is 22.3 Å². The van der Waals surface area contributed by atoms with Gasteiger partial charge in [-0.15, -0.1) is 0 Å². The summed E-state index contributed by atoms with van der Waals surface area (Å²) in [5.74, 6) is 0. The van der Waals surface area contributed by atoms with Crippen LogP contribution in [0.15, 0.2) is 87.5 Å². The molecule has 5 rings (SSSR count). The minimum absolute atomic E-state index is 0.125. The highest BCUT2D eigenvalue weighted by Gasteiger charge is 2.27. The second-order valence-corrected chi connectivity index (χ2v) is 9.90. The summed E-state index contributed by atoms with van der Waals surface area (Å²) >= 11 is 0. The largest absolute Gasteiger partial charge is 0.342 e. The van der Waals surface area contributed by atoms with Gasteiger partial charge in [0.05, 0.1) is 16.3 Å². The number of hydrogen-bond acceptors (Lipinski definition) is 3. The fraction of sp³-hybridized carbons (Fsp3) is 0.160. The predicted molar refractivity (Wildman–Crippen MR) is 120 cm³/mol. The van der Waals surface area contributed by atoms with E-state index in [-0.39, 0.29) is 9.79 Å². The van der Waals surface area contributed by atoms with Gasteiger partial charge in [-0.05, 0) is 60.7 Å². The van der Waals surface area contributed by atoms with Crippen LogP contribution >= 0.6 is 0 Å². The van der Waals surface area contributed by atoms with Crippen molar-refractivity contribution in [1.82, 2.24) is 9.55 Å². The second-order valence-electron chi connectivity index (χ2n) is 7.98. The first-order valence-electron chi connectivity index (χ1n) is 10.2. The summed E-state index contributed by atoms with van der Waals surface area (Å²) in [5, 5.41) is 0. The standard InChI is InChI=1S/C25H22N2O3S/c1-17-7-9-18(10-8-17)16-27-14-13-19-11-12-20-15-22(25(28)26-23(20)24(19)27)31(29,30)21-5-3-2-4-6-21/h2-10,13-15H,11-12,16H2,1H3,(H,26,28). The Bertz CT molecular complexity index is 1430. The number of aromatic amines is 1. The molecule has 6 heteroatoms. The maximum atomic E-state index is 13.0. The summed E-state index contributed by atoms with van der Waals surface area (Å²) in [7, 11) is -3.88. The van der Waals surface area contributed by atoms with Gasteiger partial charge in [0.15, 0.2) is 0 Å². The summed E-state index contributed by atoms with van der Waals surface area (Å²) in [4.78, 5) is 15.7. The Hall–Kier alpha value is -3.38. The van der Waals surface area contributed by atoms with Gasteiger partial charge >= 0.3 is 0 Å². The zero-order valence-electron chi connectivity index (χ0n) is 17.1. The van der Waals surface area contributed by atoms with Crippen LogP contribution in [0.3, 0.4) is 0 Å². The van der Waals surface area contributed by atoms with Gasteiger partial charge < -0.3 is 9.55 Å². The molecule has 5 nitrogen and oxygen atoms in total. The molecule has 156 valence electrons. The Labute approximate surface area is 180 Å². The van der Waals surface area contributed by atoms with E-state index in [2.05, 4.69) is 46.8 Å². The van der Waals surface area contributed by atoms with E-state index in [0.29, 0.717) is 13.0 Å². The molecule has 2 aromatic heterocycles. The molecular weight excluding hydrogens is 408 g/mol. The summed E-state index contributed by atoms with van der Waals surface area (Å²) in [6, 6.07) is 20.1. The Kier molecular flexibility index (Phi) is 4.67. The lowest BCUT2D eigenvalue weighted by atomic mass is 9.94. The van der Waals surface area contributed by atoms with E-state index in [1.807, 2.05) is 6.20 Å². The van der Waals surface area contributed by atoms with Gasteiger partial charge in [-0.25, -0.2) is 8.42 Å². The monoisotopic (exact) mass is 430 g/mol. The second kappa shape index (κ2) is 7.39. The normalized spacial score (nSPS) is 12.9. The van der Waals surface area contributed by atoms with Gasteiger partial charge in [-0.1, -0.05) is 48.0 Å². The van der Waals surface area contributed by atoms with Gasteiger partial charge in [-0.3, -0.25) is 4.79 Å². The van der Waals surface area contributed by atoms with Crippen molar-refractivity contribution in [1.29, 1.82) is 0 Å². The van der Waals surface area contributed by atoms with Crippen molar-refractivity contribution in [2.45, 2.75) is 36.1 Å². The van der Waals surface area contributed by atoms with E-state index in [0.717, 1.165) is 28.9 Å². The smallest absolute Gasteiger partial charge is 0.267 e. The molecule has 0 radical (unpaired) electrons. The van der Waals surface area contributed by atoms with Crippen molar-refractivity contribution in [3.05, 3.63) is 106 Å². The molecule has 4 aromatic rings. The predicted octanol–water partition coefficient (Wildman–Crippen LogP) is 4.13. The Balaban J connectivity index is 1.59. The summed E-state index contributed by atoms with van der Waals surface area (Å²) < 4.78 is 28.2. The molecule has 0 atom stereocenters. The average Bonchev–Trinajstić information content (AvgIpc) is 3.18. The summed E-state index contributed by atoms with van der Waals surface area (Å²) in [6.45, 7) is 2.74. The number of aromatic nitrogens is 2. The molecule has 2 aromatic carbocycles. The minimum atomic E-state index is -3.88. The van der Waals surface area contributed by atoms with Crippen LogP contribution in [0.2, 0.25) is 0 Å². The average molecular weight is 431 g/mol. The minimum Gasteiger partial charge on any atom is -0.342 e. The van der Waals surface area contributed by atoms with Crippen molar-refractivity contribution < 1.29 is 8.42 Å². The van der Waals surface area contributed by atoms with E-state index in [1.54, 1.807) is 24.3 Å². The third-order valence-corrected chi connectivity index (χ3v) is 7.63. The Morgan fingerprint density at radius 2 is 1.65 bits per heavy atom. The molecule has 31 heavy (non-hydrogen) atoms. The van der Waals surface area contributed by atoms with Crippen molar-refractivity contribution >= 4 is 9.84 Å². The Morgan fingerprint density at radius 1 is 0.935 bits per heavy atom. The SMILES string of the molecule is Cc1ccc(Cn2ccc3c2-c2[nH]c(=O)c(S(=O)(=O)c4ccccc4)cc2CC3)cc1. The molecule has 1 aliphatic carbocycles. The number of hydrogen-bond donors (Lipinski definition) is 1. The highest BCUT2D eigenvalue weighted by atomic mass is 32.2. The number of benzene rings is 2. The molecule has 1 N–H and O–H groups in total. The summed E-state index contributed by atoms with van der Waals surface area (Å²) in [6.07, 6.45) is 3.53. The van der Waals surface area contributed by atoms with E-state index < -0.39 is 15.4 Å². The van der Waals surface area contributed by atoms with Crippen molar-refractivity contribution in [3.63, 3.8) is 0 Å². The van der Waals surface area contributed by atoms with Crippen LogP contribution in [-0.4, -0.2) is 18.0 Å². The third kappa shape index (κ3) is 3.43. The molecule has 0 spiro atoms. The molecule has 0 saturated heterocycles. The lowest BCUT2D eigenvalue weighted by Crippen LogP contribution is -2.22. The molecule has 2 heterocycles. The van der Waals surface area contributed by atoms with Gasteiger partial charge in [0.1, 0.15) is 4.90 Å². The zero-order valence-corrected chi connectivity index (χ0v) is 17.9. The van der Waals surface area contributed by atoms with Gasteiger partial charge in [-0.2, -0.15) is 0 Å². The van der Waals surface area contributed by atoms with Crippen LogP contribution in [-0.2, 0) is 29.2 Å². The lowest BCUT2D eigenvalue weighted by Gasteiger charge is -2.20. The highest BCUT2D eigenvalue weighted by molar-refractivity contribution is 7.91. The molecule has 0 bridgehead atoms. The quantitative estimate of drug-likeness (QED) is 0.529. The van der Waals surface area contributed by atoms with Crippen molar-refractivity contribution in [2.75, 3.05) is 0 Å². The van der Waals surface area contributed by atoms with Gasteiger partial charge in [0.25, 0.3) is 5.56 Å². The first-order valence-corrected chi connectivity index (χ1v) is 11.7. The third-order valence-electron chi connectivity index (χ3n) is 5.85. The van der Waals surface area contributed by atoms with Crippen LogP contribution < -0.4 is 5.56 Å². The highest BCUT2D eigenvalue weighted by Crippen LogP contribution is 2.34. The van der Waals surface area contributed by atoms with Crippen LogP contribution in [0.5, 0.6) is 0 Å². The molecule has 0 saturated carbocycles. The van der Waals surface area contributed by atoms with Gasteiger partial charge in [0, 0.05) is 12.7 Å². The van der Waals surface area contributed by atoms with Crippen LogP contribution in [0.25, 0.3) is 11.4 Å². The van der Waals surface area contributed by atoms with Crippen molar-refractivity contribution in [2.24, 2.45) is 0 Å². The topological polar surface area (TPSA) is 71.9 Å². The first-order chi connectivity index (χ1) is 14.9. The maximum absolute atomic E-state index is 13.0. The van der Waals surface area contributed by atoms with E-state index in [1.165, 1.54) is 23.3 Å². The molecule has 0 fully saturated rings. The fourth-order valence-electron chi connectivity index (χ4n) is 4.20. The molecular formula is C25H22N2O3S. The van der Waals surface area contributed by atoms with Crippen LogP contribution in [0, 0.1) is 6.92 Å². The number of fused-ring (bicyclic) bond motifs is 3. The van der Waals surface area contributed by atoms with Gasteiger partial charge in [0.2, 0.25) is 9.84 Å². The maximum Gasteiger partial charge on any atom is 0.267 e. The fourth-order valence-corrected chi connectivity index (χ4v) is 5.56. The number of nitrogens with zero attached hydrogens (tertiary/aromatic N) is 1. The number of aryl methyl sites for hydroxylation is 3. The molecule has 0 unspecified atom stereocenters. The van der Waals surface area contributed by atoms with E-state index in [9.17, 15) is 13.2 Å². The lowest BCUT2D eigenvalue weighted by molar-refractivity contribution is 0.594. The Morgan fingerprint density at radius 3 is 2.39 bits per heavy atom. The van der Waals surface area contributed by atoms with Crippen molar-refractivity contribution in [3.8, 4) is 11.4 Å². The zero-order chi connectivity index (χ0) is 21.6. The summed E-state index contributed by atoms with van der Waals surface area (Å²) in [5.41, 5.74) is 5.48. The first kappa shape index (κ1) is 19.6. The number of nitrogens with one attached hydrogen (secondary N) is 1. The number of pyridine rings is 1.